The van der Waals surface area contributed by atoms with Gasteiger partial charge in [0.2, 0.25) is 10.0 Å². The molecule has 48 heavy (non-hydrogen) atoms. The largest absolute Gasteiger partial charge is 0.493 e. The normalized spacial score (nSPS) is 28.8. The predicted octanol–water partition coefficient (Wildman–Crippen LogP) is 2.84. The van der Waals surface area contributed by atoms with Gasteiger partial charge >= 0.3 is 6.18 Å². The zero-order chi connectivity index (χ0) is 34.3. The topological polar surface area (TPSA) is 138 Å². The number of carbonyl (C=O) groups excluding carboxylic acids is 2. The third-order valence-electron chi connectivity index (χ3n) is 9.30. The number of nitrogens with zero attached hydrogens (tertiary/aromatic N) is 3. The number of aliphatic hydroxyl groups is 1. The number of piperidine rings is 1. The van der Waals surface area contributed by atoms with Gasteiger partial charge in [-0.3, -0.25) is 14.6 Å². The van der Waals surface area contributed by atoms with Gasteiger partial charge in [0, 0.05) is 37.3 Å². The van der Waals surface area contributed by atoms with E-state index in [9.17, 15) is 36.3 Å². The molecule has 0 radical (unpaired) electrons. The summed E-state index contributed by atoms with van der Waals surface area (Å²) in [6, 6.07) is 8.28. The number of aryl methyl sites for hydroxylation is 2. The second kappa shape index (κ2) is 13.3. The molecule has 2 N–H and O–H groups in total. The van der Waals surface area contributed by atoms with Crippen molar-refractivity contribution in [3.63, 3.8) is 0 Å². The van der Waals surface area contributed by atoms with Crippen molar-refractivity contribution >= 4 is 27.7 Å². The lowest BCUT2D eigenvalue weighted by atomic mass is 9.89. The van der Waals surface area contributed by atoms with E-state index in [1.165, 1.54) is 15.3 Å². The van der Waals surface area contributed by atoms with Gasteiger partial charge in [0.05, 0.1) is 30.6 Å². The highest BCUT2D eigenvalue weighted by Gasteiger charge is 2.48. The number of ether oxygens (including phenoxy) is 2. The average molecular weight is 691 g/mol. The van der Waals surface area contributed by atoms with Crippen molar-refractivity contribution in [1.29, 1.82) is 0 Å². The SMILES string of the molecule is Cc1cc2ccc1CCS(=O)(=O)N1CCC3(CC1)N=C(NC3=O)c1cc(cc(C(F)(F)F)c1)OCC/C=C/CO[C@H]1CN(C[C@@H]1O)C2=O. The van der Waals surface area contributed by atoms with Crippen LogP contribution in [0.4, 0.5) is 13.2 Å². The Labute approximate surface area is 276 Å². The number of alkyl halides is 3. The molecule has 2 atom stereocenters. The van der Waals surface area contributed by atoms with Gasteiger partial charge in [0.25, 0.3) is 11.8 Å². The fourth-order valence-electron chi connectivity index (χ4n) is 6.47. The van der Waals surface area contributed by atoms with Crippen molar-refractivity contribution in [1.82, 2.24) is 14.5 Å². The highest BCUT2D eigenvalue weighted by atomic mass is 32.2. The van der Waals surface area contributed by atoms with Gasteiger partial charge in [-0.25, -0.2) is 12.7 Å². The standard InChI is InChI=1S/C33H37F3N4O7S/c1-21-15-23-6-5-22(21)7-14-48(44,45)40-10-8-32(9-11-40)31(43)37-29(38-32)24-16-25(33(34,35)36)18-26(17-24)46-12-3-2-4-13-47-28-20-39(30(23)42)19-27(28)41/h2,4-6,15-18,27-28,41H,3,7-14,19-20H2,1H3,(H,37,38,43)/b4-2+/t27-,28-/m0/s1. The molecule has 15 heteroatoms. The third kappa shape index (κ3) is 7.14. The number of hydrogen-bond acceptors (Lipinski definition) is 8. The molecule has 6 aliphatic heterocycles. The second-order valence-electron chi connectivity index (χ2n) is 12.6. The van der Waals surface area contributed by atoms with Gasteiger partial charge in [-0.2, -0.15) is 13.2 Å². The maximum atomic E-state index is 13.8. The number of aliphatic hydroxyl groups excluding tert-OH is 1. The van der Waals surface area contributed by atoms with Gasteiger partial charge in [-0.15, -0.1) is 0 Å². The average Bonchev–Trinajstić information content (AvgIpc) is 3.57. The molecule has 2 saturated heterocycles. The maximum absolute atomic E-state index is 13.8. The fourth-order valence-corrected chi connectivity index (χ4v) is 7.94. The van der Waals surface area contributed by atoms with Crippen LogP contribution in [0.2, 0.25) is 0 Å². The number of fused-ring (bicyclic) bond motifs is 2. The highest BCUT2D eigenvalue weighted by Crippen LogP contribution is 2.36. The molecule has 2 aromatic rings. The van der Waals surface area contributed by atoms with Gasteiger partial charge in [0.15, 0.2) is 0 Å². The molecule has 2 aromatic carbocycles. The number of amides is 2. The molecule has 0 aliphatic carbocycles. The number of carbonyl (C=O) groups is 2. The Balaban J connectivity index is 1.26. The molecule has 8 rings (SSSR count). The van der Waals surface area contributed by atoms with E-state index >= 15 is 0 Å². The summed E-state index contributed by atoms with van der Waals surface area (Å²) in [4.78, 5) is 32.4. The van der Waals surface area contributed by atoms with Crippen molar-refractivity contribution in [2.45, 2.75) is 56.5 Å². The van der Waals surface area contributed by atoms with Crippen molar-refractivity contribution in [2.24, 2.45) is 4.99 Å². The molecule has 6 aliphatic rings. The minimum Gasteiger partial charge on any atom is -0.493 e. The van der Waals surface area contributed by atoms with E-state index in [1.807, 2.05) is 6.92 Å². The summed E-state index contributed by atoms with van der Waals surface area (Å²) in [6.07, 6.45) is -2.02. The Morgan fingerprint density at radius 3 is 2.54 bits per heavy atom. The van der Waals surface area contributed by atoms with Gasteiger partial charge in [-0.1, -0.05) is 18.2 Å². The summed E-state index contributed by atoms with van der Waals surface area (Å²) in [5, 5.41) is 13.1. The molecule has 258 valence electrons. The van der Waals surface area contributed by atoms with Crippen LogP contribution < -0.4 is 10.1 Å². The number of sulfonamides is 1. The van der Waals surface area contributed by atoms with Gasteiger partial charge in [-0.05, 0) is 74.1 Å². The van der Waals surface area contributed by atoms with E-state index in [-0.39, 0.29) is 87.5 Å². The quantitative estimate of drug-likeness (QED) is 0.406. The molecule has 6 heterocycles. The summed E-state index contributed by atoms with van der Waals surface area (Å²) >= 11 is 0. The molecule has 0 saturated carbocycles. The number of amidine groups is 1. The molecule has 2 amide bonds. The third-order valence-corrected chi connectivity index (χ3v) is 11.2. The Hall–Kier alpha value is -3.79. The summed E-state index contributed by atoms with van der Waals surface area (Å²) < 4.78 is 80.9. The lowest BCUT2D eigenvalue weighted by Gasteiger charge is -2.34. The van der Waals surface area contributed by atoms with E-state index in [4.69, 9.17) is 9.47 Å². The Bertz CT molecular complexity index is 1750. The van der Waals surface area contributed by atoms with E-state index < -0.39 is 45.4 Å². The minimum atomic E-state index is -4.68. The molecular formula is C33H37F3N4O7S. The van der Waals surface area contributed by atoms with Crippen LogP contribution in [0.15, 0.2) is 53.5 Å². The van der Waals surface area contributed by atoms with Crippen LogP contribution in [0.3, 0.4) is 0 Å². The van der Waals surface area contributed by atoms with Gasteiger partial charge < -0.3 is 24.8 Å². The minimum absolute atomic E-state index is 0.0215. The zero-order valence-corrected chi connectivity index (χ0v) is 27.1. The number of rotatable bonds is 0. The van der Waals surface area contributed by atoms with Crippen LogP contribution in [-0.4, -0.2) is 103 Å². The number of halogens is 3. The maximum Gasteiger partial charge on any atom is 0.416 e. The number of aliphatic imine (C=N–C) groups is 1. The molecule has 2 fully saturated rings. The first-order valence-corrected chi connectivity index (χ1v) is 17.4. The monoisotopic (exact) mass is 690 g/mol. The smallest absolute Gasteiger partial charge is 0.416 e. The van der Waals surface area contributed by atoms with Crippen molar-refractivity contribution < 1.29 is 45.8 Å². The van der Waals surface area contributed by atoms with Crippen LogP contribution in [0.1, 0.15) is 51.9 Å². The van der Waals surface area contributed by atoms with Crippen LogP contribution in [-0.2, 0) is 32.2 Å². The van der Waals surface area contributed by atoms with Crippen LogP contribution in [0, 0.1) is 6.92 Å². The van der Waals surface area contributed by atoms with E-state index in [2.05, 4.69) is 10.3 Å². The van der Waals surface area contributed by atoms with Crippen LogP contribution in [0.5, 0.6) is 5.75 Å². The molecular weight excluding hydrogens is 653 g/mol. The van der Waals surface area contributed by atoms with E-state index in [0.717, 1.165) is 23.3 Å². The van der Waals surface area contributed by atoms with Crippen molar-refractivity contribution in [3.8, 4) is 5.75 Å². The summed E-state index contributed by atoms with van der Waals surface area (Å²) in [5.74, 6) is -1.02. The van der Waals surface area contributed by atoms with Crippen molar-refractivity contribution in [2.75, 3.05) is 45.1 Å². The first-order chi connectivity index (χ1) is 22.7. The van der Waals surface area contributed by atoms with Crippen LogP contribution >= 0.6 is 0 Å². The fraction of sp³-hybridized carbons (Fsp3) is 0.485. The first-order valence-electron chi connectivity index (χ1n) is 15.8. The highest BCUT2D eigenvalue weighted by molar-refractivity contribution is 7.89. The molecule has 1 spiro atoms. The molecule has 0 unspecified atom stereocenters. The Morgan fingerprint density at radius 2 is 1.81 bits per heavy atom. The number of nitrogens with one attached hydrogen (secondary N) is 1. The molecule has 9 bridgehead atoms. The Kier molecular flexibility index (Phi) is 9.41. The summed E-state index contributed by atoms with van der Waals surface area (Å²) in [6.45, 7) is 2.35. The molecule has 0 aromatic heterocycles. The number of benzene rings is 2. The lowest BCUT2D eigenvalue weighted by molar-refractivity contribution is -0.137. The zero-order valence-electron chi connectivity index (χ0n) is 26.3. The van der Waals surface area contributed by atoms with E-state index in [1.54, 1.807) is 30.4 Å². The molecule has 11 nitrogen and oxygen atoms in total. The van der Waals surface area contributed by atoms with Crippen molar-refractivity contribution in [3.05, 3.63) is 76.4 Å². The van der Waals surface area contributed by atoms with Crippen LogP contribution in [0.25, 0.3) is 0 Å². The lowest BCUT2D eigenvalue weighted by Crippen LogP contribution is -2.50. The summed E-state index contributed by atoms with van der Waals surface area (Å²) in [5.41, 5.74) is -0.274. The first kappa shape index (κ1) is 34.1. The second-order valence-corrected chi connectivity index (χ2v) is 14.6. The van der Waals surface area contributed by atoms with Gasteiger partial charge in [0.1, 0.15) is 23.2 Å². The predicted molar refractivity (Wildman–Crippen MR) is 169 cm³/mol. The number of hydrogen-bond donors (Lipinski definition) is 2. The van der Waals surface area contributed by atoms with E-state index in [0.29, 0.717) is 12.0 Å². The Morgan fingerprint density at radius 1 is 1.04 bits per heavy atom. The summed E-state index contributed by atoms with van der Waals surface area (Å²) in [7, 11) is -3.73.